The van der Waals surface area contributed by atoms with Crippen molar-refractivity contribution in [2.75, 3.05) is 37.0 Å². The number of carbonyl (C=O) groups is 3. The number of anilines is 2. The molecular weight excluding hydrogens is 743 g/mol. The summed E-state index contributed by atoms with van der Waals surface area (Å²) >= 11 is 0. The molecule has 0 spiro atoms. The minimum absolute atomic E-state index is 0.197. The number of ether oxygens (including phenoxy) is 1. The van der Waals surface area contributed by atoms with Gasteiger partial charge in [-0.15, -0.1) is 0 Å². The summed E-state index contributed by atoms with van der Waals surface area (Å²) in [4.78, 5) is 59.5. The van der Waals surface area contributed by atoms with Gasteiger partial charge in [-0.2, -0.15) is 18.3 Å². The van der Waals surface area contributed by atoms with Gasteiger partial charge in [0.15, 0.2) is 0 Å². The van der Waals surface area contributed by atoms with Crippen molar-refractivity contribution in [1.29, 1.82) is 0 Å². The monoisotopic (exact) mass is 785 g/mol. The van der Waals surface area contributed by atoms with E-state index in [-0.39, 0.29) is 29.8 Å². The highest BCUT2D eigenvalue weighted by Crippen LogP contribution is 2.41. The van der Waals surface area contributed by atoms with Crippen LogP contribution in [-0.2, 0) is 22.8 Å². The molecule has 2 aromatic carbocycles. The zero-order valence-electron chi connectivity index (χ0n) is 31.5. The molecule has 9 rings (SSSR count). The lowest BCUT2D eigenvalue weighted by atomic mass is 9.85. The highest BCUT2D eigenvalue weighted by Gasteiger charge is 2.45. The zero-order chi connectivity index (χ0) is 39.7. The molecule has 17 heteroatoms. The number of rotatable bonds is 8. The fourth-order valence-electron chi connectivity index (χ4n) is 9.50. The number of nitrogens with zero attached hydrogens (tertiary/aromatic N) is 7. The average Bonchev–Trinajstić information content (AvgIpc) is 3.97. The molecule has 14 nitrogen and oxygen atoms in total. The Kier molecular flexibility index (Phi) is 9.09. The van der Waals surface area contributed by atoms with Gasteiger partial charge in [0.1, 0.15) is 23.2 Å². The van der Waals surface area contributed by atoms with Crippen molar-refractivity contribution in [3.8, 4) is 5.75 Å². The van der Waals surface area contributed by atoms with Gasteiger partial charge in [-0.3, -0.25) is 38.4 Å². The van der Waals surface area contributed by atoms with Crippen LogP contribution in [0.25, 0.3) is 21.9 Å². The van der Waals surface area contributed by atoms with Gasteiger partial charge in [-0.1, -0.05) is 12.1 Å². The number of amides is 3. The quantitative estimate of drug-likeness (QED) is 0.207. The highest BCUT2D eigenvalue weighted by atomic mass is 19.4. The second-order valence-corrected chi connectivity index (χ2v) is 15.7. The van der Waals surface area contributed by atoms with Gasteiger partial charge in [0.25, 0.3) is 5.91 Å². The van der Waals surface area contributed by atoms with Crippen LogP contribution < -0.4 is 26.0 Å². The van der Waals surface area contributed by atoms with Crippen LogP contribution in [0.1, 0.15) is 73.2 Å². The van der Waals surface area contributed by atoms with Gasteiger partial charge in [-0.05, 0) is 74.8 Å². The van der Waals surface area contributed by atoms with E-state index in [0.717, 1.165) is 80.5 Å². The molecule has 4 fully saturated rings. The Balaban J connectivity index is 0.832. The summed E-state index contributed by atoms with van der Waals surface area (Å²) in [7, 11) is 3.20. The lowest BCUT2D eigenvalue weighted by Gasteiger charge is -2.39. The fraction of sp³-hybridized carbons (Fsp3) is 0.450. The summed E-state index contributed by atoms with van der Waals surface area (Å²) in [5.74, 6) is -0.648. The molecule has 6 heterocycles. The van der Waals surface area contributed by atoms with Crippen molar-refractivity contribution in [2.24, 2.45) is 13.0 Å². The van der Waals surface area contributed by atoms with Crippen molar-refractivity contribution in [2.45, 2.75) is 75.3 Å². The van der Waals surface area contributed by atoms with Crippen LogP contribution in [0, 0.1) is 5.92 Å². The van der Waals surface area contributed by atoms with Crippen LogP contribution >= 0.6 is 0 Å². The van der Waals surface area contributed by atoms with Gasteiger partial charge < -0.3 is 15.0 Å². The number of para-hydroxylation sites is 1. The molecule has 3 amide bonds. The lowest BCUT2D eigenvalue weighted by Crippen LogP contribution is -2.48. The van der Waals surface area contributed by atoms with E-state index in [1.54, 1.807) is 28.3 Å². The van der Waals surface area contributed by atoms with Crippen LogP contribution in [0.3, 0.4) is 0 Å². The van der Waals surface area contributed by atoms with E-state index in [9.17, 15) is 32.3 Å². The van der Waals surface area contributed by atoms with Gasteiger partial charge in [0.2, 0.25) is 11.8 Å². The maximum atomic E-state index is 13.5. The number of fused-ring (bicyclic) bond motifs is 4. The first kappa shape index (κ1) is 36.9. The van der Waals surface area contributed by atoms with Crippen molar-refractivity contribution in [1.82, 2.24) is 34.1 Å². The summed E-state index contributed by atoms with van der Waals surface area (Å²) in [5, 5.41) is 10.7. The molecule has 2 N–H and O–H groups in total. The van der Waals surface area contributed by atoms with Gasteiger partial charge >= 0.3 is 11.9 Å². The number of pyridine rings is 1. The standard InChI is InChI=1S/C40H42F3N9O5/c1-48-36-30(6-4-7-31(36)52(39(48)56)32-13-14-35(53)46-38(32)55)50-21-25-16-26(50)20-49(25)18-22-9-11-24(12-10-22)51-19-23-15-29(33(57-2)17-28(23)47-51)45-37(54)27-5-3-8-34(44-27)40(41,42)43/h3-8,15,17,19,22,24-26,32H,9-14,16,18,20-21H2,1-2H3,(H,45,54)(H,46,53,55)/t22-,24-,25-,26-,32?/m0/s1. The topological polar surface area (TPSA) is 149 Å². The van der Waals surface area contributed by atoms with Crippen LogP contribution in [-0.4, -0.2) is 85.3 Å². The smallest absolute Gasteiger partial charge is 0.433 e. The lowest BCUT2D eigenvalue weighted by molar-refractivity contribution is -0.141. The SMILES string of the molecule is COc1cc2nn([C@H]3CC[C@H](CN4C[C@@H]5C[C@H]4CN5c4cccc5c4n(C)c(=O)n5C4CCC(=O)NC4=O)CC3)cc2cc1NC(=O)c1cccc(C(F)(F)F)n1. The predicted molar refractivity (Wildman–Crippen MR) is 204 cm³/mol. The van der Waals surface area contributed by atoms with Crippen molar-refractivity contribution in [3.05, 3.63) is 76.6 Å². The van der Waals surface area contributed by atoms with E-state index >= 15 is 0 Å². The molecule has 1 aliphatic carbocycles. The number of aromatic nitrogens is 5. The van der Waals surface area contributed by atoms with Crippen molar-refractivity contribution >= 4 is 51.0 Å². The number of piperazine rings is 1. The second kappa shape index (κ2) is 14.0. The van der Waals surface area contributed by atoms with Gasteiger partial charge in [0, 0.05) is 62.8 Å². The molecule has 0 radical (unpaired) electrons. The number of piperidine rings is 1. The largest absolute Gasteiger partial charge is 0.494 e. The molecule has 4 aliphatic rings. The summed E-state index contributed by atoms with van der Waals surface area (Å²) < 4.78 is 50.2. The molecule has 3 saturated heterocycles. The molecule has 1 unspecified atom stereocenters. The van der Waals surface area contributed by atoms with Crippen LogP contribution in [0.5, 0.6) is 5.75 Å². The minimum atomic E-state index is -4.67. The maximum absolute atomic E-state index is 13.5. The number of benzene rings is 2. The number of hydrogen-bond acceptors (Lipinski definition) is 9. The van der Waals surface area contributed by atoms with Gasteiger partial charge in [0.05, 0.1) is 41.1 Å². The number of likely N-dealkylation sites (tertiary alicyclic amines) is 1. The number of imide groups is 1. The summed E-state index contributed by atoms with van der Waals surface area (Å²) in [6.45, 7) is 2.83. The Bertz CT molecular complexity index is 2480. The Morgan fingerprint density at radius 2 is 1.77 bits per heavy atom. The first-order chi connectivity index (χ1) is 27.4. The molecule has 2 bridgehead atoms. The maximum Gasteiger partial charge on any atom is 0.433 e. The van der Waals surface area contributed by atoms with E-state index in [1.165, 1.54) is 13.2 Å². The normalized spacial score (nSPS) is 24.1. The van der Waals surface area contributed by atoms with E-state index in [4.69, 9.17) is 9.84 Å². The van der Waals surface area contributed by atoms with Crippen LogP contribution in [0.4, 0.5) is 24.5 Å². The van der Waals surface area contributed by atoms with Crippen molar-refractivity contribution < 1.29 is 32.3 Å². The van der Waals surface area contributed by atoms with E-state index in [2.05, 4.69) is 31.5 Å². The Morgan fingerprint density at radius 3 is 2.49 bits per heavy atom. The van der Waals surface area contributed by atoms with E-state index in [0.29, 0.717) is 46.9 Å². The molecule has 5 aromatic rings. The first-order valence-corrected chi connectivity index (χ1v) is 19.3. The molecule has 298 valence electrons. The summed E-state index contributed by atoms with van der Waals surface area (Å²) in [6, 6.07) is 12.7. The predicted octanol–water partition coefficient (Wildman–Crippen LogP) is 5.04. The number of hydrogen-bond donors (Lipinski definition) is 2. The zero-order valence-corrected chi connectivity index (χ0v) is 31.5. The third-order valence-electron chi connectivity index (χ3n) is 12.3. The molecule has 3 atom stereocenters. The summed E-state index contributed by atoms with van der Waals surface area (Å²) in [5.41, 5.74) is 1.74. The Labute approximate surface area is 324 Å². The van der Waals surface area contributed by atoms with Gasteiger partial charge in [-0.25, -0.2) is 9.78 Å². The minimum Gasteiger partial charge on any atom is -0.494 e. The van der Waals surface area contributed by atoms with E-state index in [1.807, 2.05) is 23.0 Å². The molecule has 1 saturated carbocycles. The first-order valence-electron chi connectivity index (χ1n) is 19.3. The number of imidazole rings is 1. The third kappa shape index (κ3) is 6.60. The highest BCUT2D eigenvalue weighted by molar-refractivity contribution is 6.05. The van der Waals surface area contributed by atoms with Crippen molar-refractivity contribution in [3.63, 3.8) is 0 Å². The average molecular weight is 786 g/mol. The number of halogens is 3. The van der Waals surface area contributed by atoms with Crippen LogP contribution in [0.15, 0.2) is 59.5 Å². The fourth-order valence-corrected chi connectivity index (χ4v) is 9.50. The Morgan fingerprint density at radius 1 is 0.982 bits per heavy atom. The number of aryl methyl sites for hydroxylation is 1. The summed E-state index contributed by atoms with van der Waals surface area (Å²) in [6.07, 6.45) is 2.87. The molecular formula is C40H42F3N9O5. The number of alkyl halides is 3. The Hall–Kier alpha value is -5.71. The molecule has 3 aliphatic heterocycles. The second-order valence-electron chi connectivity index (χ2n) is 15.7. The van der Waals surface area contributed by atoms with Crippen LogP contribution in [0.2, 0.25) is 0 Å². The number of carbonyl (C=O) groups excluding carboxylic acids is 3. The molecule has 3 aromatic heterocycles. The third-order valence-corrected chi connectivity index (χ3v) is 12.3. The number of methoxy groups -OCH3 is 1. The van der Waals surface area contributed by atoms with E-state index < -0.39 is 29.7 Å². The molecule has 57 heavy (non-hydrogen) atoms. The number of nitrogens with one attached hydrogen (secondary N) is 2.